The molecule has 0 radical (unpaired) electrons. The maximum Gasteiger partial charge on any atom is 0.145 e. The van der Waals surface area contributed by atoms with Gasteiger partial charge in [0.25, 0.3) is 0 Å². The molecule has 3 nitrogen and oxygen atoms in total. The van der Waals surface area contributed by atoms with Crippen molar-refractivity contribution in [2.45, 2.75) is 11.6 Å². The largest absolute Gasteiger partial charge is 0.457 e. The SMILES string of the molecule is c1ccc(C2N=C(c3cccc(-c4ccc(-c5ccc6c(c5)Oc5ccccc5C6(c5ccccc5)c5ccccc5)cc4)c3)c3ccccc3N2)cc1. The van der Waals surface area contributed by atoms with Crippen LogP contribution in [-0.2, 0) is 5.41 Å². The molecule has 2 aliphatic rings. The Hall–Kier alpha value is -6.97. The van der Waals surface area contributed by atoms with Gasteiger partial charge in [-0.15, -0.1) is 0 Å². The molecule has 0 spiro atoms. The van der Waals surface area contributed by atoms with E-state index in [4.69, 9.17) is 9.73 Å². The minimum atomic E-state index is -0.527. The molecule has 2 heterocycles. The summed E-state index contributed by atoms with van der Waals surface area (Å²) in [5.41, 5.74) is 14.1. The van der Waals surface area contributed by atoms with Gasteiger partial charge in [0.15, 0.2) is 0 Å². The fourth-order valence-electron chi connectivity index (χ4n) is 8.31. The molecule has 0 bridgehead atoms. The molecule has 0 saturated carbocycles. The summed E-state index contributed by atoms with van der Waals surface area (Å²) < 4.78 is 6.75. The third-order valence-corrected chi connectivity index (χ3v) is 10.8. The Morgan fingerprint density at radius 2 is 0.981 bits per heavy atom. The second-order valence-electron chi connectivity index (χ2n) is 13.9. The van der Waals surface area contributed by atoms with E-state index in [1.165, 1.54) is 11.1 Å². The van der Waals surface area contributed by atoms with Crippen LogP contribution in [0.3, 0.4) is 0 Å². The van der Waals surface area contributed by atoms with Crippen LogP contribution >= 0.6 is 0 Å². The molecule has 2 aliphatic heterocycles. The molecule has 0 saturated heterocycles. The number of fused-ring (bicyclic) bond motifs is 3. The van der Waals surface area contributed by atoms with Crippen molar-refractivity contribution in [3.63, 3.8) is 0 Å². The molecule has 0 fully saturated rings. The molecular formula is C51H36N2O. The average molecular weight is 693 g/mol. The predicted octanol–water partition coefficient (Wildman–Crippen LogP) is 12.5. The summed E-state index contributed by atoms with van der Waals surface area (Å²) in [5, 5.41) is 3.63. The normalized spacial score (nSPS) is 15.0. The highest BCUT2D eigenvalue weighted by molar-refractivity contribution is 6.17. The van der Waals surface area contributed by atoms with Crippen LogP contribution in [0.5, 0.6) is 11.5 Å². The Bertz CT molecular complexity index is 2610. The number of benzene rings is 8. The van der Waals surface area contributed by atoms with Gasteiger partial charge in [-0.1, -0.05) is 182 Å². The minimum Gasteiger partial charge on any atom is -0.457 e. The number of rotatable bonds is 6. The van der Waals surface area contributed by atoms with E-state index in [0.717, 1.165) is 73.0 Å². The quantitative estimate of drug-likeness (QED) is 0.188. The van der Waals surface area contributed by atoms with E-state index in [0.29, 0.717) is 0 Å². The van der Waals surface area contributed by atoms with Crippen LogP contribution in [0.25, 0.3) is 22.3 Å². The molecule has 54 heavy (non-hydrogen) atoms. The summed E-state index contributed by atoms with van der Waals surface area (Å²) in [4.78, 5) is 5.24. The fraction of sp³-hybridized carbons (Fsp3) is 0.0392. The van der Waals surface area contributed by atoms with Gasteiger partial charge in [-0.25, -0.2) is 0 Å². The second-order valence-corrected chi connectivity index (χ2v) is 13.9. The van der Waals surface area contributed by atoms with E-state index in [9.17, 15) is 0 Å². The van der Waals surface area contributed by atoms with Gasteiger partial charge in [-0.05, 0) is 63.2 Å². The van der Waals surface area contributed by atoms with Crippen LogP contribution in [0.2, 0.25) is 0 Å². The number of anilines is 1. The Labute approximate surface area is 315 Å². The van der Waals surface area contributed by atoms with Crippen molar-refractivity contribution in [1.29, 1.82) is 0 Å². The molecule has 1 atom stereocenters. The third kappa shape index (κ3) is 5.33. The van der Waals surface area contributed by atoms with E-state index < -0.39 is 5.41 Å². The highest BCUT2D eigenvalue weighted by Crippen LogP contribution is 2.55. The Kier molecular flexibility index (Phi) is 7.77. The van der Waals surface area contributed by atoms with Gasteiger partial charge >= 0.3 is 0 Å². The lowest BCUT2D eigenvalue weighted by Gasteiger charge is -2.41. The monoisotopic (exact) mass is 692 g/mol. The minimum absolute atomic E-state index is 0.154. The van der Waals surface area contributed by atoms with Crippen molar-refractivity contribution in [2.24, 2.45) is 4.99 Å². The Balaban J connectivity index is 1.02. The third-order valence-electron chi connectivity index (χ3n) is 10.8. The molecule has 256 valence electrons. The highest BCUT2D eigenvalue weighted by Gasteiger charge is 2.45. The molecule has 1 N–H and O–H groups in total. The Morgan fingerprint density at radius 1 is 0.426 bits per heavy atom. The van der Waals surface area contributed by atoms with Crippen molar-refractivity contribution in [1.82, 2.24) is 0 Å². The van der Waals surface area contributed by atoms with Gasteiger partial charge in [0.05, 0.1) is 11.1 Å². The number of aliphatic imine (C=N–C) groups is 1. The molecule has 3 heteroatoms. The van der Waals surface area contributed by atoms with Gasteiger partial charge in [-0.2, -0.15) is 0 Å². The van der Waals surface area contributed by atoms with Gasteiger partial charge in [0.1, 0.15) is 17.7 Å². The molecule has 0 amide bonds. The van der Waals surface area contributed by atoms with Gasteiger partial charge in [-0.3, -0.25) is 4.99 Å². The predicted molar refractivity (Wildman–Crippen MR) is 221 cm³/mol. The zero-order chi connectivity index (χ0) is 35.9. The van der Waals surface area contributed by atoms with Gasteiger partial charge < -0.3 is 10.1 Å². The average Bonchev–Trinajstić information content (AvgIpc) is 3.26. The van der Waals surface area contributed by atoms with Crippen LogP contribution in [0, 0.1) is 0 Å². The highest BCUT2D eigenvalue weighted by atomic mass is 16.5. The van der Waals surface area contributed by atoms with Crippen molar-refractivity contribution < 1.29 is 4.74 Å². The van der Waals surface area contributed by atoms with E-state index in [-0.39, 0.29) is 6.17 Å². The van der Waals surface area contributed by atoms with Crippen LogP contribution in [0.15, 0.2) is 211 Å². The van der Waals surface area contributed by atoms with Crippen LogP contribution < -0.4 is 10.1 Å². The van der Waals surface area contributed by atoms with E-state index in [1.807, 2.05) is 6.07 Å². The molecule has 0 aromatic heterocycles. The summed E-state index contributed by atoms with van der Waals surface area (Å²) in [6.45, 7) is 0. The molecule has 1 unspecified atom stereocenters. The number of para-hydroxylation sites is 2. The number of hydrogen-bond acceptors (Lipinski definition) is 3. The van der Waals surface area contributed by atoms with Crippen molar-refractivity contribution in [3.8, 4) is 33.8 Å². The first-order valence-corrected chi connectivity index (χ1v) is 18.5. The van der Waals surface area contributed by atoms with E-state index >= 15 is 0 Å². The zero-order valence-corrected chi connectivity index (χ0v) is 29.6. The summed E-state index contributed by atoms with van der Waals surface area (Å²) >= 11 is 0. The van der Waals surface area contributed by atoms with E-state index in [2.05, 4.69) is 206 Å². The van der Waals surface area contributed by atoms with Crippen molar-refractivity contribution in [2.75, 3.05) is 5.32 Å². The molecule has 8 aromatic carbocycles. The first-order valence-electron chi connectivity index (χ1n) is 18.5. The molecule has 0 aliphatic carbocycles. The van der Waals surface area contributed by atoms with Crippen LogP contribution in [0.1, 0.15) is 45.1 Å². The van der Waals surface area contributed by atoms with E-state index in [1.54, 1.807) is 0 Å². The summed E-state index contributed by atoms with van der Waals surface area (Å²) in [5.74, 6) is 1.74. The fourth-order valence-corrected chi connectivity index (χ4v) is 8.31. The standard InChI is InChI=1S/C51H36N2O/c1-4-15-37(16-5-1)50-52-46-25-12-10-23-43(46)49(53-50)40-18-14-17-38(33-40)35-27-29-36(30-28-35)39-31-32-45-48(34-39)54-47-26-13-11-24-44(47)51(45,41-19-6-2-7-20-41)42-21-8-3-9-22-42/h1-34,50,52H. The van der Waals surface area contributed by atoms with Crippen LogP contribution in [0.4, 0.5) is 5.69 Å². The Morgan fingerprint density at radius 3 is 1.70 bits per heavy atom. The van der Waals surface area contributed by atoms with Crippen LogP contribution in [-0.4, -0.2) is 5.71 Å². The molecule has 10 rings (SSSR count). The zero-order valence-electron chi connectivity index (χ0n) is 29.6. The number of ether oxygens (including phenoxy) is 1. The summed E-state index contributed by atoms with van der Waals surface area (Å²) in [6, 6.07) is 73.2. The molecular weight excluding hydrogens is 657 g/mol. The van der Waals surface area contributed by atoms with Gasteiger partial charge in [0, 0.05) is 27.9 Å². The molecule has 8 aromatic rings. The number of hydrogen-bond donors (Lipinski definition) is 1. The van der Waals surface area contributed by atoms with Gasteiger partial charge in [0.2, 0.25) is 0 Å². The lowest BCUT2D eigenvalue weighted by atomic mass is 9.63. The lowest BCUT2D eigenvalue weighted by Crippen LogP contribution is -2.34. The van der Waals surface area contributed by atoms with Crippen molar-refractivity contribution >= 4 is 11.4 Å². The maximum absolute atomic E-state index is 6.75. The summed E-state index contributed by atoms with van der Waals surface area (Å²) in [7, 11) is 0. The number of nitrogens with zero attached hydrogens (tertiary/aromatic N) is 1. The first kappa shape index (κ1) is 31.7. The number of nitrogens with one attached hydrogen (secondary N) is 1. The smallest absolute Gasteiger partial charge is 0.145 e. The first-order chi connectivity index (χ1) is 26.8. The lowest BCUT2D eigenvalue weighted by molar-refractivity contribution is 0.435. The van der Waals surface area contributed by atoms with Crippen molar-refractivity contribution in [3.05, 3.63) is 245 Å². The summed E-state index contributed by atoms with van der Waals surface area (Å²) in [6.07, 6.45) is -0.154. The maximum atomic E-state index is 6.75. The second kappa shape index (κ2) is 13.2. The topological polar surface area (TPSA) is 33.6 Å².